The van der Waals surface area contributed by atoms with Crippen molar-refractivity contribution in [1.29, 1.82) is 5.26 Å². The lowest BCUT2D eigenvalue weighted by atomic mass is 9.97. The van der Waals surface area contributed by atoms with Crippen molar-refractivity contribution in [2.45, 2.75) is 77.0 Å². The van der Waals surface area contributed by atoms with E-state index in [1.165, 1.54) is 0 Å². The first-order valence-electron chi connectivity index (χ1n) is 18.1. The average Bonchev–Trinajstić information content (AvgIpc) is 3.87. The Morgan fingerprint density at radius 2 is 1.83 bits per heavy atom. The number of anilines is 3. The van der Waals surface area contributed by atoms with Gasteiger partial charge in [0.05, 0.1) is 29.3 Å². The summed E-state index contributed by atoms with van der Waals surface area (Å²) in [5.41, 5.74) is 9.44. The van der Waals surface area contributed by atoms with Gasteiger partial charge in [-0.05, 0) is 112 Å². The van der Waals surface area contributed by atoms with Crippen molar-refractivity contribution in [3.8, 4) is 17.2 Å². The van der Waals surface area contributed by atoms with Crippen LogP contribution in [0, 0.1) is 32.1 Å². The molecular weight excluding hydrogens is 654 g/mol. The Kier molecular flexibility index (Phi) is 11.3. The second-order valence-corrected chi connectivity index (χ2v) is 14.2. The summed E-state index contributed by atoms with van der Waals surface area (Å²) in [6, 6.07) is 22.9. The van der Waals surface area contributed by atoms with Crippen molar-refractivity contribution < 1.29 is 23.6 Å². The summed E-state index contributed by atoms with van der Waals surface area (Å²) < 4.78 is 11.8. The quantitative estimate of drug-likeness (QED) is 0.0789. The first kappa shape index (κ1) is 36.7. The van der Waals surface area contributed by atoms with Gasteiger partial charge in [-0.1, -0.05) is 29.4 Å². The van der Waals surface area contributed by atoms with Gasteiger partial charge < -0.3 is 28.6 Å². The molecule has 0 bridgehead atoms. The van der Waals surface area contributed by atoms with Crippen LogP contribution in [0.5, 0.6) is 0 Å². The fourth-order valence-electron chi connectivity index (χ4n) is 7.17. The summed E-state index contributed by atoms with van der Waals surface area (Å²) in [7, 11) is 1.84. The summed E-state index contributed by atoms with van der Waals surface area (Å²) in [6.45, 7) is 9.29. The molecule has 10 nitrogen and oxygen atoms in total. The number of likely N-dealkylation sites (N-methyl/N-ethyl adjacent to an activating group) is 1. The second-order valence-electron chi connectivity index (χ2n) is 14.2. The number of carbonyl (C=O) groups is 3. The van der Waals surface area contributed by atoms with E-state index in [-0.39, 0.29) is 17.6 Å². The largest absolute Gasteiger partial charge is 0.374 e. The monoisotopic (exact) mass is 701 g/mol. The number of hydrogen-bond donors (Lipinski definition) is 0. The highest BCUT2D eigenvalue weighted by Crippen LogP contribution is 2.48. The maximum atomic E-state index is 11.8. The van der Waals surface area contributed by atoms with Crippen LogP contribution in [0.15, 0.2) is 65.2 Å². The standard InChI is InChI=1S/C42H47N5O5/c1-29-8-9-32(41-30(2)44-52-31(41)3)22-40(29)47(36-14-11-35(12-15-36)42(28-43)16-17-42)18-6-20-51-39-24-46(25-39)37-13-10-33(26-49)34(21-37)23-45(4)38(27-50)7-5-19-48/h8-15,19,21-22,26-27,38-39H,5-7,16-18,20,23-25H2,1-4H3. The Morgan fingerprint density at radius 1 is 1.06 bits per heavy atom. The Hall–Kier alpha value is -5.11. The number of nitriles is 1. The summed E-state index contributed by atoms with van der Waals surface area (Å²) >= 11 is 0. The fourth-order valence-corrected chi connectivity index (χ4v) is 7.17. The number of nitrogens with zero attached hydrogens (tertiary/aromatic N) is 5. The number of aldehydes is 3. The zero-order valence-electron chi connectivity index (χ0n) is 30.5. The van der Waals surface area contributed by atoms with Crippen LogP contribution in [0.3, 0.4) is 0 Å². The molecule has 270 valence electrons. The van der Waals surface area contributed by atoms with Crippen LogP contribution in [0.1, 0.15) is 70.6 Å². The smallest absolute Gasteiger partial charge is 0.150 e. The average molecular weight is 702 g/mol. The molecule has 1 aliphatic carbocycles. The molecule has 1 aromatic heterocycles. The van der Waals surface area contributed by atoms with Crippen LogP contribution in [0.2, 0.25) is 0 Å². The van der Waals surface area contributed by atoms with Gasteiger partial charge in [0.1, 0.15) is 24.6 Å². The molecular formula is C42H47N5O5. The van der Waals surface area contributed by atoms with Crippen LogP contribution >= 0.6 is 0 Å². The van der Waals surface area contributed by atoms with Gasteiger partial charge >= 0.3 is 0 Å². The normalized spacial score (nSPS) is 15.5. The lowest BCUT2D eigenvalue weighted by molar-refractivity contribution is -0.113. The van der Waals surface area contributed by atoms with Crippen LogP contribution in [-0.2, 0) is 26.3 Å². The van der Waals surface area contributed by atoms with Gasteiger partial charge in [0, 0.05) is 67.4 Å². The molecule has 0 spiro atoms. The van der Waals surface area contributed by atoms with Crippen molar-refractivity contribution in [3.05, 3.63) is 94.4 Å². The number of rotatable bonds is 18. The van der Waals surface area contributed by atoms with Gasteiger partial charge in [-0.2, -0.15) is 5.26 Å². The van der Waals surface area contributed by atoms with E-state index in [0.717, 1.165) is 114 Å². The molecule has 0 amide bonds. The molecule has 2 heterocycles. The van der Waals surface area contributed by atoms with Gasteiger partial charge in [0.25, 0.3) is 0 Å². The van der Waals surface area contributed by atoms with Crippen LogP contribution < -0.4 is 9.80 Å². The van der Waals surface area contributed by atoms with E-state index in [0.29, 0.717) is 31.6 Å². The zero-order chi connectivity index (χ0) is 36.8. The predicted octanol–water partition coefficient (Wildman–Crippen LogP) is 7.05. The molecule has 10 heteroatoms. The SMILES string of the molecule is Cc1ccc(-c2c(C)noc2C)cc1N(CCCOC1CN(c2ccc(C=O)c(CN(C)C(C=O)CCC=O)c2)C1)c1ccc(C2(C#N)CC2)cc1. The Labute approximate surface area is 305 Å². The van der Waals surface area contributed by atoms with Gasteiger partial charge in [0.2, 0.25) is 0 Å². The summed E-state index contributed by atoms with van der Waals surface area (Å²) in [4.78, 5) is 40.7. The first-order valence-corrected chi connectivity index (χ1v) is 18.1. The highest BCUT2D eigenvalue weighted by Gasteiger charge is 2.44. The third kappa shape index (κ3) is 7.86. The predicted molar refractivity (Wildman–Crippen MR) is 201 cm³/mol. The third-order valence-corrected chi connectivity index (χ3v) is 10.6. The zero-order valence-corrected chi connectivity index (χ0v) is 30.5. The molecule has 1 saturated carbocycles. The maximum absolute atomic E-state index is 11.8. The number of aryl methyl sites for hydroxylation is 3. The van der Waals surface area contributed by atoms with Crippen molar-refractivity contribution in [2.75, 3.05) is 43.1 Å². The highest BCUT2D eigenvalue weighted by molar-refractivity contribution is 5.79. The molecule has 0 radical (unpaired) electrons. The molecule has 4 aromatic rings. The lowest BCUT2D eigenvalue weighted by Crippen LogP contribution is -2.52. The number of benzene rings is 3. The van der Waals surface area contributed by atoms with E-state index in [4.69, 9.17) is 9.26 Å². The minimum Gasteiger partial charge on any atom is -0.374 e. The Bertz CT molecular complexity index is 1920. The lowest BCUT2D eigenvalue weighted by Gasteiger charge is -2.41. The van der Waals surface area contributed by atoms with Gasteiger partial charge in [-0.3, -0.25) is 9.69 Å². The Morgan fingerprint density at radius 3 is 2.46 bits per heavy atom. The fraction of sp³-hybridized carbons (Fsp3) is 0.405. The van der Waals surface area contributed by atoms with E-state index in [2.05, 4.69) is 70.4 Å². The van der Waals surface area contributed by atoms with Gasteiger partial charge in [-0.15, -0.1) is 0 Å². The number of carbonyl (C=O) groups excluding carboxylic acids is 3. The van der Waals surface area contributed by atoms with Crippen LogP contribution in [-0.4, -0.2) is 74.3 Å². The number of hydrogen-bond acceptors (Lipinski definition) is 10. The molecule has 1 unspecified atom stereocenters. The summed E-state index contributed by atoms with van der Waals surface area (Å²) in [6.07, 6.45) is 6.02. The molecule has 3 aromatic carbocycles. The molecule has 52 heavy (non-hydrogen) atoms. The summed E-state index contributed by atoms with van der Waals surface area (Å²) in [5.74, 6) is 0.790. The third-order valence-electron chi connectivity index (χ3n) is 10.6. The van der Waals surface area contributed by atoms with E-state index in [9.17, 15) is 19.6 Å². The van der Waals surface area contributed by atoms with Crippen molar-refractivity contribution in [1.82, 2.24) is 10.1 Å². The molecule has 2 fully saturated rings. The topological polar surface area (TPSA) is 120 Å². The number of aromatic nitrogens is 1. The Balaban J connectivity index is 1.10. The van der Waals surface area contributed by atoms with E-state index in [1.54, 1.807) is 0 Å². The van der Waals surface area contributed by atoms with Crippen molar-refractivity contribution in [2.24, 2.45) is 0 Å². The first-order chi connectivity index (χ1) is 25.2. The van der Waals surface area contributed by atoms with E-state index in [1.807, 2.05) is 44.0 Å². The molecule has 1 aliphatic heterocycles. The molecule has 6 rings (SSSR count). The second kappa shape index (κ2) is 16.1. The van der Waals surface area contributed by atoms with E-state index >= 15 is 0 Å². The van der Waals surface area contributed by atoms with Gasteiger partial charge in [0.15, 0.2) is 0 Å². The van der Waals surface area contributed by atoms with Crippen molar-refractivity contribution >= 4 is 35.9 Å². The minimum absolute atomic E-state index is 0.0951. The van der Waals surface area contributed by atoms with Crippen LogP contribution in [0.4, 0.5) is 17.1 Å². The van der Waals surface area contributed by atoms with Gasteiger partial charge in [-0.25, -0.2) is 0 Å². The molecule has 1 saturated heterocycles. The highest BCUT2D eigenvalue weighted by atomic mass is 16.5. The van der Waals surface area contributed by atoms with Crippen molar-refractivity contribution in [3.63, 3.8) is 0 Å². The van der Waals surface area contributed by atoms with E-state index < -0.39 is 0 Å². The maximum Gasteiger partial charge on any atom is 0.150 e. The van der Waals surface area contributed by atoms with Crippen LogP contribution in [0.25, 0.3) is 11.1 Å². The number of ether oxygens (including phenoxy) is 1. The minimum atomic E-state index is -0.390. The molecule has 0 N–H and O–H groups in total. The molecule has 2 aliphatic rings. The molecule has 1 atom stereocenters. The summed E-state index contributed by atoms with van der Waals surface area (Å²) in [5, 5.41) is 13.9.